The Balaban J connectivity index is 1.60. The van der Waals surface area contributed by atoms with E-state index < -0.39 is 0 Å². The van der Waals surface area contributed by atoms with Gasteiger partial charge in [0.1, 0.15) is 0 Å². The molecule has 2 heterocycles. The average Bonchev–Trinajstić information content (AvgIpc) is 2.95. The molecule has 5 nitrogen and oxygen atoms in total. The summed E-state index contributed by atoms with van der Waals surface area (Å²) in [5, 5.41) is 2.50. The Hall–Kier alpha value is -1.60. The van der Waals surface area contributed by atoms with Crippen molar-refractivity contribution < 1.29 is 9.59 Å². The largest absolute Gasteiger partial charge is 0.329 e. The van der Waals surface area contributed by atoms with Gasteiger partial charge in [0.2, 0.25) is 5.91 Å². The van der Waals surface area contributed by atoms with Crippen LogP contribution >= 0.6 is 23.1 Å². The SMILES string of the molecule is O=C1CNC(=O)N1CCSc1nc2ccccc2s1. The van der Waals surface area contributed by atoms with E-state index in [1.165, 1.54) is 4.90 Å². The number of nitrogens with zero attached hydrogens (tertiary/aromatic N) is 2. The number of carbonyl (C=O) groups is 2. The van der Waals surface area contributed by atoms with E-state index >= 15 is 0 Å². The molecule has 19 heavy (non-hydrogen) atoms. The minimum atomic E-state index is -0.296. The first-order valence-corrected chi connectivity index (χ1v) is 7.61. The van der Waals surface area contributed by atoms with Crippen LogP contribution in [0.15, 0.2) is 28.6 Å². The highest BCUT2D eigenvalue weighted by molar-refractivity contribution is 8.01. The maximum absolute atomic E-state index is 11.4. The molecule has 1 fully saturated rings. The third-order valence-corrected chi connectivity index (χ3v) is 4.91. The molecule has 1 N–H and O–H groups in total. The Kier molecular flexibility index (Phi) is 3.39. The van der Waals surface area contributed by atoms with Gasteiger partial charge in [0.15, 0.2) is 4.34 Å². The highest BCUT2D eigenvalue weighted by Crippen LogP contribution is 2.29. The van der Waals surface area contributed by atoms with Gasteiger partial charge in [0.05, 0.1) is 16.8 Å². The third kappa shape index (κ3) is 2.57. The van der Waals surface area contributed by atoms with Crippen molar-refractivity contribution in [2.75, 3.05) is 18.8 Å². The van der Waals surface area contributed by atoms with Gasteiger partial charge in [-0.25, -0.2) is 9.78 Å². The van der Waals surface area contributed by atoms with Gasteiger partial charge in [0.25, 0.3) is 0 Å². The van der Waals surface area contributed by atoms with Crippen LogP contribution in [0.25, 0.3) is 10.2 Å². The molecule has 3 rings (SSSR count). The average molecular weight is 293 g/mol. The van der Waals surface area contributed by atoms with Crippen molar-refractivity contribution in [3.05, 3.63) is 24.3 Å². The van der Waals surface area contributed by atoms with Gasteiger partial charge in [-0.15, -0.1) is 11.3 Å². The number of urea groups is 1. The fraction of sp³-hybridized carbons (Fsp3) is 0.250. The van der Waals surface area contributed by atoms with Crippen molar-refractivity contribution in [1.82, 2.24) is 15.2 Å². The molecule has 1 saturated heterocycles. The van der Waals surface area contributed by atoms with Gasteiger partial charge in [-0.3, -0.25) is 9.69 Å². The molecule has 0 saturated carbocycles. The van der Waals surface area contributed by atoms with Gasteiger partial charge >= 0.3 is 6.03 Å². The number of benzene rings is 1. The van der Waals surface area contributed by atoms with Crippen LogP contribution in [0.2, 0.25) is 0 Å². The number of imide groups is 1. The number of para-hydroxylation sites is 1. The number of amides is 3. The van der Waals surface area contributed by atoms with Crippen LogP contribution in [-0.2, 0) is 4.79 Å². The zero-order valence-electron chi connectivity index (χ0n) is 9.96. The molecule has 0 unspecified atom stereocenters. The molecule has 0 bridgehead atoms. The smallest absolute Gasteiger partial charge is 0.324 e. The first-order chi connectivity index (χ1) is 9.24. The molecule has 0 radical (unpaired) electrons. The monoisotopic (exact) mass is 293 g/mol. The zero-order chi connectivity index (χ0) is 13.2. The van der Waals surface area contributed by atoms with Crippen molar-refractivity contribution in [1.29, 1.82) is 0 Å². The second-order valence-electron chi connectivity index (χ2n) is 4.00. The maximum atomic E-state index is 11.4. The van der Waals surface area contributed by atoms with Crippen LogP contribution in [0, 0.1) is 0 Å². The van der Waals surface area contributed by atoms with Gasteiger partial charge in [-0.05, 0) is 12.1 Å². The number of nitrogens with one attached hydrogen (secondary N) is 1. The summed E-state index contributed by atoms with van der Waals surface area (Å²) in [5.41, 5.74) is 0.991. The van der Waals surface area contributed by atoms with Crippen LogP contribution < -0.4 is 5.32 Å². The highest BCUT2D eigenvalue weighted by Gasteiger charge is 2.27. The fourth-order valence-electron chi connectivity index (χ4n) is 1.82. The summed E-state index contributed by atoms with van der Waals surface area (Å²) in [5.74, 6) is 0.508. The van der Waals surface area contributed by atoms with E-state index in [-0.39, 0.29) is 18.5 Å². The lowest BCUT2D eigenvalue weighted by Gasteiger charge is -2.10. The molecule has 1 aromatic carbocycles. The number of thiazole rings is 1. The standard InChI is InChI=1S/C12H11N3O2S2/c16-10-7-13-11(17)15(10)5-6-18-12-14-8-3-1-2-4-9(8)19-12/h1-4H,5-7H2,(H,13,17). The normalized spacial score (nSPS) is 15.3. The molecule has 3 amide bonds. The Bertz CT molecular complexity index is 592. The van der Waals surface area contributed by atoms with E-state index in [1.807, 2.05) is 24.3 Å². The number of rotatable bonds is 4. The van der Waals surface area contributed by atoms with Crippen LogP contribution in [0.4, 0.5) is 4.79 Å². The molecule has 1 aliphatic heterocycles. The first-order valence-electron chi connectivity index (χ1n) is 5.80. The van der Waals surface area contributed by atoms with Crippen LogP contribution in [0.1, 0.15) is 0 Å². The van der Waals surface area contributed by atoms with E-state index in [0.29, 0.717) is 12.3 Å². The summed E-state index contributed by atoms with van der Waals surface area (Å²) < 4.78 is 2.12. The van der Waals surface area contributed by atoms with Crippen LogP contribution in [0.5, 0.6) is 0 Å². The van der Waals surface area contributed by atoms with E-state index in [2.05, 4.69) is 10.3 Å². The maximum Gasteiger partial charge on any atom is 0.324 e. The van der Waals surface area contributed by atoms with E-state index in [1.54, 1.807) is 23.1 Å². The van der Waals surface area contributed by atoms with Crippen molar-refractivity contribution in [2.24, 2.45) is 0 Å². The van der Waals surface area contributed by atoms with Gasteiger partial charge in [-0.2, -0.15) is 0 Å². The lowest BCUT2D eigenvalue weighted by Crippen LogP contribution is -2.32. The lowest BCUT2D eigenvalue weighted by atomic mass is 10.3. The number of aromatic nitrogens is 1. The van der Waals surface area contributed by atoms with Crippen LogP contribution in [-0.4, -0.2) is 40.7 Å². The zero-order valence-corrected chi connectivity index (χ0v) is 11.6. The Morgan fingerprint density at radius 2 is 2.21 bits per heavy atom. The van der Waals surface area contributed by atoms with Crippen molar-refractivity contribution in [2.45, 2.75) is 4.34 Å². The minimum Gasteiger partial charge on any atom is -0.329 e. The summed E-state index contributed by atoms with van der Waals surface area (Å²) in [4.78, 5) is 28.5. The summed E-state index contributed by atoms with van der Waals surface area (Å²) in [7, 11) is 0. The predicted molar refractivity (Wildman–Crippen MR) is 75.5 cm³/mol. The molecule has 7 heteroatoms. The van der Waals surface area contributed by atoms with Crippen molar-refractivity contribution in [3.8, 4) is 0 Å². The number of hydrogen-bond acceptors (Lipinski definition) is 5. The molecule has 0 spiro atoms. The highest BCUT2D eigenvalue weighted by atomic mass is 32.2. The van der Waals surface area contributed by atoms with Crippen LogP contribution in [0.3, 0.4) is 0 Å². The molecule has 98 valence electrons. The first kappa shape index (κ1) is 12.4. The quantitative estimate of drug-likeness (QED) is 0.691. The second kappa shape index (κ2) is 5.18. The predicted octanol–water partition coefficient (Wildman–Crippen LogP) is 1.94. The fourth-order valence-corrected chi connectivity index (χ4v) is 3.88. The summed E-state index contributed by atoms with van der Waals surface area (Å²) >= 11 is 3.20. The topological polar surface area (TPSA) is 62.3 Å². The molecule has 0 atom stereocenters. The number of thioether (sulfide) groups is 1. The third-order valence-electron chi connectivity index (χ3n) is 2.75. The number of fused-ring (bicyclic) bond motifs is 1. The van der Waals surface area contributed by atoms with Gasteiger partial charge < -0.3 is 5.32 Å². The molecule has 2 aromatic rings. The minimum absolute atomic E-state index is 0.116. The summed E-state index contributed by atoms with van der Waals surface area (Å²) in [6, 6.07) is 7.67. The van der Waals surface area contributed by atoms with E-state index in [4.69, 9.17) is 0 Å². The molecule has 0 aliphatic carbocycles. The Morgan fingerprint density at radius 1 is 1.37 bits per heavy atom. The Labute approximate surface area is 118 Å². The summed E-state index contributed by atoms with van der Waals surface area (Å²) in [6.45, 7) is 0.538. The van der Waals surface area contributed by atoms with E-state index in [9.17, 15) is 9.59 Å². The Morgan fingerprint density at radius 3 is 2.95 bits per heavy atom. The summed E-state index contributed by atoms with van der Waals surface area (Å²) in [6.07, 6.45) is 0. The van der Waals surface area contributed by atoms with E-state index in [0.717, 1.165) is 14.6 Å². The molecule has 1 aromatic heterocycles. The number of carbonyl (C=O) groups excluding carboxylic acids is 2. The molecular formula is C12H11N3O2S2. The molecular weight excluding hydrogens is 282 g/mol. The van der Waals surface area contributed by atoms with Crippen molar-refractivity contribution >= 4 is 45.3 Å². The lowest BCUT2D eigenvalue weighted by molar-refractivity contribution is -0.124. The molecule has 1 aliphatic rings. The van der Waals surface area contributed by atoms with Gasteiger partial charge in [0, 0.05) is 12.3 Å². The van der Waals surface area contributed by atoms with Gasteiger partial charge in [-0.1, -0.05) is 23.9 Å². The van der Waals surface area contributed by atoms with Crippen molar-refractivity contribution in [3.63, 3.8) is 0 Å². The second-order valence-corrected chi connectivity index (χ2v) is 6.37. The number of hydrogen-bond donors (Lipinski definition) is 1.